The third kappa shape index (κ3) is 2.44. The van der Waals surface area contributed by atoms with Crippen molar-refractivity contribution in [1.82, 2.24) is 10.6 Å². The summed E-state index contributed by atoms with van der Waals surface area (Å²) in [4.78, 5) is 0. The predicted octanol–water partition coefficient (Wildman–Crippen LogP) is 1.52. The number of nitrogens with one attached hydrogen (secondary N) is 2. The van der Waals surface area contributed by atoms with Crippen molar-refractivity contribution in [3.63, 3.8) is 0 Å². The highest BCUT2D eigenvalue weighted by molar-refractivity contribution is 4.84. The van der Waals surface area contributed by atoms with Crippen molar-refractivity contribution in [2.24, 2.45) is 5.92 Å². The van der Waals surface area contributed by atoms with Gasteiger partial charge in [0.05, 0.1) is 0 Å². The van der Waals surface area contributed by atoms with E-state index in [0.717, 1.165) is 18.0 Å². The molecule has 2 aliphatic heterocycles. The molecule has 2 rings (SSSR count). The topological polar surface area (TPSA) is 24.1 Å². The van der Waals surface area contributed by atoms with E-state index in [4.69, 9.17) is 0 Å². The Balaban J connectivity index is 1.73. The number of hydrogen-bond donors (Lipinski definition) is 2. The SMILES string of the molecule is CC(CC1CCCN1)C1CCCN1. The maximum atomic E-state index is 3.60. The Bertz CT molecular complexity index is 146. The number of rotatable bonds is 3. The van der Waals surface area contributed by atoms with Gasteiger partial charge in [-0.05, 0) is 51.1 Å². The Hall–Kier alpha value is -0.0800. The van der Waals surface area contributed by atoms with Crippen LogP contribution in [0, 0.1) is 5.92 Å². The summed E-state index contributed by atoms with van der Waals surface area (Å²) in [5, 5.41) is 7.19. The molecule has 2 nitrogen and oxygen atoms in total. The molecular weight excluding hydrogens is 160 g/mol. The largest absolute Gasteiger partial charge is 0.314 e. The van der Waals surface area contributed by atoms with Gasteiger partial charge in [-0.25, -0.2) is 0 Å². The van der Waals surface area contributed by atoms with Gasteiger partial charge in [0.15, 0.2) is 0 Å². The molecule has 0 saturated carbocycles. The lowest BCUT2D eigenvalue weighted by Gasteiger charge is -2.22. The van der Waals surface area contributed by atoms with Crippen molar-refractivity contribution < 1.29 is 0 Å². The maximum absolute atomic E-state index is 3.60. The highest BCUT2D eigenvalue weighted by Gasteiger charge is 2.24. The van der Waals surface area contributed by atoms with E-state index in [0.29, 0.717) is 0 Å². The van der Waals surface area contributed by atoms with Gasteiger partial charge >= 0.3 is 0 Å². The molecule has 0 radical (unpaired) electrons. The molecule has 3 atom stereocenters. The zero-order valence-corrected chi connectivity index (χ0v) is 8.68. The van der Waals surface area contributed by atoms with E-state index in [1.807, 2.05) is 0 Å². The fourth-order valence-electron chi connectivity index (χ4n) is 2.77. The lowest BCUT2D eigenvalue weighted by Crippen LogP contribution is -2.33. The van der Waals surface area contributed by atoms with E-state index in [9.17, 15) is 0 Å². The molecule has 0 bridgehead atoms. The Morgan fingerprint density at radius 3 is 2.54 bits per heavy atom. The van der Waals surface area contributed by atoms with Crippen LogP contribution in [0.2, 0.25) is 0 Å². The highest BCUT2D eigenvalue weighted by Crippen LogP contribution is 2.21. The molecule has 76 valence electrons. The average Bonchev–Trinajstić information content (AvgIpc) is 2.74. The van der Waals surface area contributed by atoms with Gasteiger partial charge in [-0.15, -0.1) is 0 Å². The van der Waals surface area contributed by atoms with Gasteiger partial charge < -0.3 is 10.6 Å². The number of hydrogen-bond acceptors (Lipinski definition) is 2. The van der Waals surface area contributed by atoms with Crippen molar-refractivity contribution in [2.45, 2.75) is 51.1 Å². The second kappa shape index (κ2) is 4.43. The van der Waals surface area contributed by atoms with E-state index >= 15 is 0 Å². The molecule has 0 spiro atoms. The normalized spacial score (nSPS) is 36.7. The van der Waals surface area contributed by atoms with Crippen LogP contribution >= 0.6 is 0 Å². The van der Waals surface area contributed by atoms with E-state index in [2.05, 4.69) is 17.6 Å². The fraction of sp³-hybridized carbons (Fsp3) is 1.00. The summed E-state index contributed by atoms with van der Waals surface area (Å²) in [5.74, 6) is 0.859. The van der Waals surface area contributed by atoms with Gasteiger partial charge in [0.2, 0.25) is 0 Å². The minimum absolute atomic E-state index is 0.808. The summed E-state index contributed by atoms with van der Waals surface area (Å²) >= 11 is 0. The maximum Gasteiger partial charge on any atom is 0.00937 e. The summed E-state index contributed by atoms with van der Waals surface area (Å²) < 4.78 is 0. The molecular formula is C11H22N2. The zero-order chi connectivity index (χ0) is 9.10. The van der Waals surface area contributed by atoms with Crippen LogP contribution in [0.4, 0.5) is 0 Å². The van der Waals surface area contributed by atoms with Crippen molar-refractivity contribution in [3.8, 4) is 0 Å². The van der Waals surface area contributed by atoms with Crippen molar-refractivity contribution in [3.05, 3.63) is 0 Å². The van der Waals surface area contributed by atoms with Gasteiger partial charge in [0.1, 0.15) is 0 Å². The fourth-order valence-corrected chi connectivity index (χ4v) is 2.77. The molecule has 0 aromatic rings. The molecule has 2 heterocycles. The summed E-state index contributed by atoms with van der Waals surface area (Å²) in [6, 6.07) is 1.62. The first-order valence-corrected chi connectivity index (χ1v) is 5.83. The van der Waals surface area contributed by atoms with E-state index in [1.54, 1.807) is 0 Å². The van der Waals surface area contributed by atoms with Crippen LogP contribution in [0.1, 0.15) is 39.0 Å². The molecule has 2 heteroatoms. The predicted molar refractivity (Wildman–Crippen MR) is 55.8 cm³/mol. The van der Waals surface area contributed by atoms with Crippen LogP contribution in [0.25, 0.3) is 0 Å². The van der Waals surface area contributed by atoms with Gasteiger partial charge in [-0.3, -0.25) is 0 Å². The molecule has 0 aromatic carbocycles. The molecule has 2 aliphatic rings. The molecule has 2 fully saturated rings. The van der Waals surface area contributed by atoms with Gasteiger partial charge in [0, 0.05) is 12.1 Å². The van der Waals surface area contributed by atoms with Crippen molar-refractivity contribution in [2.75, 3.05) is 13.1 Å². The van der Waals surface area contributed by atoms with Crippen LogP contribution in [0.15, 0.2) is 0 Å². The summed E-state index contributed by atoms with van der Waals surface area (Å²) in [7, 11) is 0. The lowest BCUT2D eigenvalue weighted by atomic mass is 9.92. The molecule has 0 aromatic heterocycles. The standard InChI is InChI=1S/C11H22N2/c1-9(11-5-3-7-13-11)8-10-4-2-6-12-10/h9-13H,2-8H2,1H3. The van der Waals surface area contributed by atoms with Crippen LogP contribution in [0.5, 0.6) is 0 Å². The first-order chi connectivity index (χ1) is 6.36. The van der Waals surface area contributed by atoms with E-state index < -0.39 is 0 Å². The van der Waals surface area contributed by atoms with Crippen LogP contribution in [-0.2, 0) is 0 Å². The monoisotopic (exact) mass is 182 g/mol. The smallest absolute Gasteiger partial charge is 0.00937 e. The molecule has 13 heavy (non-hydrogen) atoms. The van der Waals surface area contributed by atoms with Gasteiger partial charge in [-0.1, -0.05) is 6.92 Å². The first-order valence-electron chi connectivity index (χ1n) is 5.83. The molecule has 2 N–H and O–H groups in total. The minimum atomic E-state index is 0.808. The molecule has 3 unspecified atom stereocenters. The zero-order valence-electron chi connectivity index (χ0n) is 8.68. The summed E-state index contributed by atoms with van der Waals surface area (Å²) in [5.41, 5.74) is 0. The molecule has 2 saturated heterocycles. The Labute approximate surface area is 81.5 Å². The van der Waals surface area contributed by atoms with Crippen LogP contribution in [-0.4, -0.2) is 25.2 Å². The Morgan fingerprint density at radius 2 is 1.92 bits per heavy atom. The third-order valence-corrected chi connectivity index (χ3v) is 3.60. The molecule has 0 aliphatic carbocycles. The second-order valence-corrected chi connectivity index (χ2v) is 4.71. The van der Waals surface area contributed by atoms with Gasteiger partial charge in [0.25, 0.3) is 0 Å². The average molecular weight is 182 g/mol. The highest BCUT2D eigenvalue weighted by atomic mass is 15.0. The van der Waals surface area contributed by atoms with E-state index in [1.165, 1.54) is 45.2 Å². The Kier molecular flexibility index (Phi) is 3.23. The van der Waals surface area contributed by atoms with Crippen molar-refractivity contribution >= 4 is 0 Å². The lowest BCUT2D eigenvalue weighted by molar-refractivity contribution is 0.353. The van der Waals surface area contributed by atoms with Gasteiger partial charge in [-0.2, -0.15) is 0 Å². The molecule has 0 amide bonds. The van der Waals surface area contributed by atoms with E-state index in [-0.39, 0.29) is 0 Å². The minimum Gasteiger partial charge on any atom is -0.314 e. The second-order valence-electron chi connectivity index (χ2n) is 4.71. The quantitative estimate of drug-likeness (QED) is 0.691. The Morgan fingerprint density at radius 1 is 1.15 bits per heavy atom. The summed E-state index contributed by atoms with van der Waals surface area (Å²) in [6.07, 6.45) is 6.94. The first kappa shape index (κ1) is 9.47. The van der Waals surface area contributed by atoms with Crippen LogP contribution in [0.3, 0.4) is 0 Å². The third-order valence-electron chi connectivity index (χ3n) is 3.60. The van der Waals surface area contributed by atoms with Crippen LogP contribution < -0.4 is 10.6 Å². The van der Waals surface area contributed by atoms with Crippen molar-refractivity contribution in [1.29, 1.82) is 0 Å². The summed E-state index contributed by atoms with van der Waals surface area (Å²) in [6.45, 7) is 4.89.